The molecule has 4 rings (SSSR count). The summed E-state index contributed by atoms with van der Waals surface area (Å²) in [6.45, 7) is 9.11. The van der Waals surface area contributed by atoms with Crippen LogP contribution in [0.25, 0.3) is 0 Å². The lowest BCUT2D eigenvalue weighted by Gasteiger charge is -2.59. The van der Waals surface area contributed by atoms with Crippen LogP contribution in [0.2, 0.25) is 0 Å². The molecule has 0 N–H and O–H groups in total. The number of hydrogen-bond acceptors (Lipinski definition) is 5. The van der Waals surface area contributed by atoms with E-state index in [0.29, 0.717) is 24.2 Å². The first-order chi connectivity index (χ1) is 14.0. The van der Waals surface area contributed by atoms with E-state index in [1.54, 1.807) is 6.92 Å². The third-order valence-corrected chi connectivity index (χ3v) is 9.39. The van der Waals surface area contributed by atoms with Crippen LogP contribution in [0.1, 0.15) is 86.0 Å². The number of esters is 2. The standard InChI is InChI=1S/C25H36O5/c1-15(26)25(30-17(3)28)13-10-22-20-7-6-18-14-19(29-16(2)27)8-11-23(18,4)21(20)9-12-24(22,25)5/h14,19-22H,6-13H2,1-5H3/t19-,20+,21+,22-,23-,24-,25-/m0/s1. The maximum Gasteiger partial charge on any atom is 0.303 e. The number of rotatable bonds is 3. The number of hydrogen-bond donors (Lipinski definition) is 0. The first-order valence-corrected chi connectivity index (χ1v) is 11.6. The smallest absolute Gasteiger partial charge is 0.303 e. The number of fused-ring (bicyclic) bond motifs is 5. The van der Waals surface area contributed by atoms with Gasteiger partial charge in [0.1, 0.15) is 6.10 Å². The summed E-state index contributed by atoms with van der Waals surface area (Å²) in [7, 11) is 0. The number of allylic oxidation sites excluding steroid dienone is 1. The van der Waals surface area contributed by atoms with Gasteiger partial charge in [-0.1, -0.05) is 19.4 Å². The van der Waals surface area contributed by atoms with Gasteiger partial charge in [-0.2, -0.15) is 0 Å². The van der Waals surface area contributed by atoms with Crippen LogP contribution < -0.4 is 0 Å². The maximum absolute atomic E-state index is 12.8. The topological polar surface area (TPSA) is 69.7 Å². The Morgan fingerprint density at radius 1 is 0.900 bits per heavy atom. The van der Waals surface area contributed by atoms with Gasteiger partial charge in [0, 0.05) is 19.3 Å². The molecule has 0 aliphatic heterocycles. The zero-order valence-corrected chi connectivity index (χ0v) is 19.1. The van der Waals surface area contributed by atoms with Gasteiger partial charge in [-0.05, 0) is 87.5 Å². The van der Waals surface area contributed by atoms with Crippen LogP contribution in [0.3, 0.4) is 0 Å². The molecule has 166 valence electrons. The Labute approximate surface area is 179 Å². The summed E-state index contributed by atoms with van der Waals surface area (Å²) in [5.74, 6) is 0.981. The molecule has 7 atom stereocenters. The lowest BCUT2D eigenvalue weighted by atomic mass is 9.46. The molecule has 0 unspecified atom stereocenters. The summed E-state index contributed by atoms with van der Waals surface area (Å²) in [5.41, 5.74) is 0.362. The van der Waals surface area contributed by atoms with Crippen molar-refractivity contribution in [3.8, 4) is 0 Å². The van der Waals surface area contributed by atoms with Crippen molar-refractivity contribution in [3.63, 3.8) is 0 Å². The Kier molecular flexibility index (Phi) is 5.18. The molecule has 0 spiro atoms. The molecule has 0 saturated heterocycles. The SMILES string of the molecule is CC(=O)O[C@@H]1C=C2CC[C@@H]3[C@@H](CC[C@@]4(C)[C@H]3CC[C@]4(OC(C)=O)C(C)=O)[C@@]2(C)CC1. The minimum atomic E-state index is -0.960. The van der Waals surface area contributed by atoms with Crippen molar-refractivity contribution in [2.24, 2.45) is 28.6 Å². The molecule has 4 aliphatic carbocycles. The minimum Gasteiger partial charge on any atom is -0.458 e. The lowest BCUT2D eigenvalue weighted by molar-refractivity contribution is -0.187. The largest absolute Gasteiger partial charge is 0.458 e. The van der Waals surface area contributed by atoms with Gasteiger partial charge in [0.2, 0.25) is 0 Å². The van der Waals surface area contributed by atoms with Crippen molar-refractivity contribution in [2.45, 2.75) is 97.7 Å². The molecular formula is C25H36O5. The quantitative estimate of drug-likeness (QED) is 0.489. The van der Waals surface area contributed by atoms with Crippen molar-refractivity contribution >= 4 is 17.7 Å². The molecule has 4 aliphatic rings. The molecule has 0 aromatic heterocycles. The van der Waals surface area contributed by atoms with E-state index in [-0.39, 0.29) is 34.7 Å². The van der Waals surface area contributed by atoms with Gasteiger partial charge in [0.25, 0.3) is 0 Å². The normalized spacial score (nSPS) is 44.8. The van der Waals surface area contributed by atoms with E-state index < -0.39 is 5.60 Å². The molecule has 0 bridgehead atoms. The summed E-state index contributed by atoms with van der Waals surface area (Å²) in [5, 5.41) is 0. The van der Waals surface area contributed by atoms with Crippen LogP contribution in [-0.2, 0) is 23.9 Å². The predicted molar refractivity (Wildman–Crippen MR) is 112 cm³/mol. The minimum absolute atomic E-state index is 0.00523. The third-order valence-electron chi connectivity index (χ3n) is 9.39. The molecule has 0 aromatic rings. The van der Waals surface area contributed by atoms with Gasteiger partial charge >= 0.3 is 11.9 Å². The van der Waals surface area contributed by atoms with E-state index >= 15 is 0 Å². The Balaban J connectivity index is 1.63. The van der Waals surface area contributed by atoms with E-state index in [1.807, 2.05) is 0 Å². The molecule has 0 radical (unpaired) electrons. The van der Waals surface area contributed by atoms with Crippen molar-refractivity contribution in [2.75, 3.05) is 0 Å². The highest BCUT2D eigenvalue weighted by Crippen LogP contribution is 2.68. The van der Waals surface area contributed by atoms with Gasteiger partial charge in [-0.3, -0.25) is 14.4 Å². The molecule has 0 heterocycles. The zero-order chi connectivity index (χ0) is 21.9. The van der Waals surface area contributed by atoms with Crippen molar-refractivity contribution in [1.82, 2.24) is 0 Å². The first kappa shape index (κ1) is 21.6. The second-order valence-electron chi connectivity index (χ2n) is 10.7. The van der Waals surface area contributed by atoms with Gasteiger partial charge in [0.15, 0.2) is 11.4 Å². The average molecular weight is 417 g/mol. The fourth-order valence-electron chi connectivity index (χ4n) is 8.06. The summed E-state index contributed by atoms with van der Waals surface area (Å²) in [4.78, 5) is 36.2. The van der Waals surface area contributed by atoms with Crippen LogP contribution in [-0.4, -0.2) is 29.4 Å². The summed E-state index contributed by atoms with van der Waals surface area (Å²) in [6.07, 6.45) is 9.78. The Morgan fingerprint density at radius 2 is 1.60 bits per heavy atom. The fourth-order valence-corrected chi connectivity index (χ4v) is 8.06. The van der Waals surface area contributed by atoms with E-state index in [2.05, 4.69) is 19.9 Å². The van der Waals surface area contributed by atoms with Gasteiger partial charge in [-0.15, -0.1) is 0 Å². The van der Waals surface area contributed by atoms with E-state index in [1.165, 1.54) is 19.4 Å². The van der Waals surface area contributed by atoms with Crippen molar-refractivity contribution in [1.29, 1.82) is 0 Å². The maximum atomic E-state index is 12.8. The molecular weight excluding hydrogens is 380 g/mol. The van der Waals surface area contributed by atoms with Gasteiger partial charge in [-0.25, -0.2) is 0 Å². The van der Waals surface area contributed by atoms with Crippen molar-refractivity contribution < 1.29 is 23.9 Å². The molecule has 0 amide bonds. The molecule has 3 saturated carbocycles. The Hall–Kier alpha value is -1.65. The molecule has 3 fully saturated rings. The van der Waals surface area contributed by atoms with Crippen molar-refractivity contribution in [3.05, 3.63) is 11.6 Å². The van der Waals surface area contributed by atoms with Crippen LogP contribution >= 0.6 is 0 Å². The van der Waals surface area contributed by atoms with Crippen LogP contribution in [0, 0.1) is 28.6 Å². The van der Waals surface area contributed by atoms with Crippen LogP contribution in [0.4, 0.5) is 0 Å². The predicted octanol–water partition coefficient (Wildman–Crippen LogP) is 4.77. The zero-order valence-electron chi connectivity index (χ0n) is 19.1. The lowest BCUT2D eigenvalue weighted by Crippen LogP contribution is -2.58. The number of ether oxygens (including phenoxy) is 2. The van der Waals surface area contributed by atoms with E-state index in [0.717, 1.165) is 44.9 Å². The highest BCUT2D eigenvalue weighted by Gasteiger charge is 2.67. The average Bonchev–Trinajstić information content (AvgIpc) is 2.94. The van der Waals surface area contributed by atoms with E-state index in [9.17, 15) is 14.4 Å². The second kappa shape index (κ2) is 7.20. The highest BCUT2D eigenvalue weighted by molar-refractivity contribution is 5.89. The number of Topliss-reactive ketones (excluding diaryl/α,β-unsaturated/α-hetero) is 1. The summed E-state index contributed by atoms with van der Waals surface area (Å²) >= 11 is 0. The number of carbonyl (C=O) groups excluding carboxylic acids is 3. The summed E-state index contributed by atoms with van der Waals surface area (Å²) < 4.78 is 11.3. The van der Waals surface area contributed by atoms with Crippen LogP contribution in [0.15, 0.2) is 11.6 Å². The highest BCUT2D eigenvalue weighted by atomic mass is 16.6. The number of ketones is 1. The van der Waals surface area contributed by atoms with Gasteiger partial charge in [0.05, 0.1) is 0 Å². The Bertz CT molecular complexity index is 799. The Morgan fingerprint density at radius 3 is 2.23 bits per heavy atom. The second-order valence-corrected chi connectivity index (χ2v) is 10.7. The number of carbonyl (C=O) groups is 3. The van der Waals surface area contributed by atoms with Crippen LogP contribution in [0.5, 0.6) is 0 Å². The first-order valence-electron chi connectivity index (χ1n) is 11.6. The van der Waals surface area contributed by atoms with Gasteiger partial charge < -0.3 is 9.47 Å². The molecule has 30 heavy (non-hydrogen) atoms. The fraction of sp³-hybridized carbons (Fsp3) is 0.800. The molecule has 5 nitrogen and oxygen atoms in total. The molecule has 5 heteroatoms. The summed E-state index contributed by atoms with van der Waals surface area (Å²) in [6, 6.07) is 0. The molecule has 0 aromatic carbocycles. The third kappa shape index (κ3) is 2.98. The van der Waals surface area contributed by atoms with E-state index in [4.69, 9.17) is 9.47 Å². The monoisotopic (exact) mass is 416 g/mol.